The molecule has 3 rings (SSSR count). The molecule has 0 saturated carbocycles. The molecule has 0 fully saturated rings. The van der Waals surface area contributed by atoms with Gasteiger partial charge in [0.05, 0.1) is 17.6 Å². The van der Waals surface area contributed by atoms with E-state index in [0.29, 0.717) is 12.8 Å². The van der Waals surface area contributed by atoms with Crippen LogP contribution in [-0.2, 0) is 6.42 Å². The molecule has 25 heavy (non-hydrogen) atoms. The first kappa shape index (κ1) is 18.8. The number of benzene rings is 1. The molecule has 2 aromatic rings. The molecule has 1 atom stereocenters. The predicted molar refractivity (Wildman–Crippen MR) is 98.6 cm³/mol. The zero-order valence-corrected chi connectivity index (χ0v) is 14.8. The number of aromatic nitrogens is 2. The van der Waals surface area contributed by atoms with Gasteiger partial charge in [-0.25, -0.2) is 4.39 Å². The van der Waals surface area contributed by atoms with Crippen molar-refractivity contribution < 1.29 is 4.39 Å². The van der Waals surface area contributed by atoms with Crippen LogP contribution in [0.25, 0.3) is 0 Å². The molecule has 1 aliphatic rings. The molecule has 6 nitrogen and oxygen atoms in total. The lowest BCUT2D eigenvalue weighted by Crippen LogP contribution is -2.25. The van der Waals surface area contributed by atoms with Crippen LogP contribution in [0, 0.1) is 19.7 Å². The lowest BCUT2D eigenvalue weighted by Gasteiger charge is -2.26. The Morgan fingerprint density at radius 3 is 2.68 bits per heavy atom. The van der Waals surface area contributed by atoms with E-state index in [1.54, 1.807) is 18.3 Å². The van der Waals surface area contributed by atoms with Gasteiger partial charge in [0.2, 0.25) is 5.96 Å². The van der Waals surface area contributed by atoms with Gasteiger partial charge in [-0.1, -0.05) is 6.07 Å². The molecule has 0 amide bonds. The van der Waals surface area contributed by atoms with E-state index in [0.717, 1.165) is 33.7 Å². The maximum Gasteiger partial charge on any atom is 0.211 e. The van der Waals surface area contributed by atoms with Gasteiger partial charge in [-0.15, -0.1) is 17.5 Å². The molecule has 0 radical (unpaired) electrons. The number of halogens is 2. The number of hydrogen-bond donors (Lipinski definition) is 2. The number of hydrogen-bond acceptors (Lipinski definition) is 4. The Morgan fingerprint density at radius 1 is 1.20 bits per heavy atom. The molecule has 0 bridgehead atoms. The molecular weight excluding hydrogens is 343 g/mol. The second kappa shape index (κ2) is 7.57. The van der Waals surface area contributed by atoms with Gasteiger partial charge in [-0.05, 0) is 61.4 Å². The third kappa shape index (κ3) is 3.93. The normalized spacial score (nSPS) is 17.6. The van der Waals surface area contributed by atoms with Crippen molar-refractivity contribution in [2.45, 2.75) is 32.6 Å². The van der Waals surface area contributed by atoms with Gasteiger partial charge in [0.25, 0.3) is 0 Å². The standard InChI is InChI=1S/C17H19FN6.ClH/c1-9-3-4-12(18)7-13(9)11-5-14-16(10(2)8-21-22-14)15(6-11)23-24-17(19)20;/h3-4,7-8,11H,5-6H2,1-2H3,(H4,19,20,24);1H. The summed E-state index contributed by atoms with van der Waals surface area (Å²) in [5.74, 6) is -0.301. The quantitative estimate of drug-likeness (QED) is 0.486. The van der Waals surface area contributed by atoms with E-state index < -0.39 is 0 Å². The van der Waals surface area contributed by atoms with Crippen molar-refractivity contribution in [2.24, 2.45) is 21.7 Å². The van der Waals surface area contributed by atoms with Gasteiger partial charge >= 0.3 is 0 Å². The van der Waals surface area contributed by atoms with E-state index in [9.17, 15) is 4.39 Å². The topological polar surface area (TPSA) is 103 Å². The molecule has 1 unspecified atom stereocenters. The van der Waals surface area contributed by atoms with Crippen LogP contribution in [0.3, 0.4) is 0 Å². The summed E-state index contributed by atoms with van der Waals surface area (Å²) in [4.78, 5) is 0. The van der Waals surface area contributed by atoms with E-state index in [-0.39, 0.29) is 30.1 Å². The Hall–Kier alpha value is -2.54. The van der Waals surface area contributed by atoms with Crippen LogP contribution in [0.5, 0.6) is 0 Å². The van der Waals surface area contributed by atoms with Crippen molar-refractivity contribution in [3.05, 3.63) is 58.2 Å². The number of nitrogens with zero attached hydrogens (tertiary/aromatic N) is 4. The molecule has 0 spiro atoms. The number of nitrogens with two attached hydrogens (primary N) is 2. The Morgan fingerprint density at radius 2 is 1.96 bits per heavy atom. The van der Waals surface area contributed by atoms with Gasteiger partial charge in [0, 0.05) is 5.56 Å². The molecule has 0 saturated heterocycles. The number of fused-ring (bicyclic) bond motifs is 1. The van der Waals surface area contributed by atoms with Crippen LogP contribution in [0.15, 0.2) is 34.6 Å². The Balaban J connectivity index is 0.00000225. The molecule has 4 N–H and O–H groups in total. The summed E-state index contributed by atoms with van der Waals surface area (Å²) in [6.45, 7) is 3.92. The first-order valence-electron chi connectivity index (χ1n) is 7.68. The van der Waals surface area contributed by atoms with Crippen molar-refractivity contribution in [2.75, 3.05) is 0 Å². The van der Waals surface area contributed by atoms with E-state index in [2.05, 4.69) is 20.4 Å². The monoisotopic (exact) mass is 362 g/mol. The second-order valence-corrected chi connectivity index (χ2v) is 6.03. The first-order chi connectivity index (χ1) is 11.5. The first-order valence-corrected chi connectivity index (χ1v) is 7.68. The minimum absolute atomic E-state index is 0. The van der Waals surface area contributed by atoms with Crippen molar-refractivity contribution >= 4 is 24.1 Å². The van der Waals surface area contributed by atoms with Crippen LogP contribution in [0.1, 0.15) is 40.3 Å². The van der Waals surface area contributed by atoms with E-state index in [1.165, 1.54) is 6.07 Å². The predicted octanol–water partition coefficient (Wildman–Crippen LogP) is 2.36. The molecule has 1 aromatic heterocycles. The molecule has 132 valence electrons. The lowest BCUT2D eigenvalue weighted by molar-refractivity contribution is 0.611. The molecule has 8 heteroatoms. The fraction of sp³-hybridized carbons (Fsp3) is 0.294. The van der Waals surface area contributed by atoms with Gasteiger partial charge < -0.3 is 11.5 Å². The van der Waals surface area contributed by atoms with Crippen molar-refractivity contribution in [1.29, 1.82) is 0 Å². The molecule has 1 aliphatic carbocycles. The minimum Gasteiger partial charge on any atom is -0.369 e. The minimum atomic E-state index is -0.251. The molecular formula is C17H20ClFN6. The van der Waals surface area contributed by atoms with Gasteiger partial charge in [0.15, 0.2) is 0 Å². The van der Waals surface area contributed by atoms with Crippen molar-refractivity contribution in [3.63, 3.8) is 0 Å². The number of rotatable bonds is 2. The van der Waals surface area contributed by atoms with Crippen LogP contribution in [0.2, 0.25) is 0 Å². The summed E-state index contributed by atoms with van der Waals surface area (Å²) in [5, 5.41) is 16.3. The van der Waals surface area contributed by atoms with Crippen LogP contribution >= 0.6 is 12.4 Å². The van der Waals surface area contributed by atoms with Crippen molar-refractivity contribution in [3.8, 4) is 0 Å². The van der Waals surface area contributed by atoms with Crippen LogP contribution in [0.4, 0.5) is 4.39 Å². The average molecular weight is 363 g/mol. The summed E-state index contributed by atoms with van der Waals surface area (Å²) < 4.78 is 13.7. The third-order valence-corrected chi connectivity index (χ3v) is 4.25. The molecule has 1 aromatic carbocycles. The van der Waals surface area contributed by atoms with E-state index in [1.807, 2.05) is 13.8 Å². The number of guanidine groups is 1. The van der Waals surface area contributed by atoms with E-state index >= 15 is 0 Å². The highest BCUT2D eigenvalue weighted by Crippen LogP contribution is 2.35. The average Bonchev–Trinajstić information content (AvgIpc) is 2.54. The fourth-order valence-corrected chi connectivity index (χ4v) is 3.19. The van der Waals surface area contributed by atoms with Gasteiger partial charge in [-0.3, -0.25) is 0 Å². The molecule has 0 aliphatic heterocycles. The highest BCUT2D eigenvalue weighted by atomic mass is 35.5. The second-order valence-electron chi connectivity index (χ2n) is 6.03. The van der Waals surface area contributed by atoms with Crippen LogP contribution in [-0.4, -0.2) is 21.9 Å². The highest BCUT2D eigenvalue weighted by Gasteiger charge is 2.29. The van der Waals surface area contributed by atoms with E-state index in [4.69, 9.17) is 11.5 Å². The summed E-state index contributed by atoms with van der Waals surface area (Å²) >= 11 is 0. The Kier molecular flexibility index (Phi) is 5.69. The summed E-state index contributed by atoms with van der Waals surface area (Å²) in [5.41, 5.74) is 16.3. The highest BCUT2D eigenvalue weighted by molar-refractivity contribution is 6.04. The summed E-state index contributed by atoms with van der Waals surface area (Å²) in [6, 6.07) is 4.83. The molecule has 1 heterocycles. The summed E-state index contributed by atoms with van der Waals surface area (Å²) in [7, 11) is 0. The van der Waals surface area contributed by atoms with Crippen LogP contribution < -0.4 is 11.5 Å². The smallest absolute Gasteiger partial charge is 0.211 e. The van der Waals surface area contributed by atoms with Gasteiger partial charge in [-0.2, -0.15) is 15.3 Å². The Bertz CT molecular complexity index is 845. The number of aryl methyl sites for hydroxylation is 2. The maximum atomic E-state index is 13.7. The van der Waals surface area contributed by atoms with Crippen molar-refractivity contribution in [1.82, 2.24) is 10.2 Å². The third-order valence-electron chi connectivity index (χ3n) is 4.25. The summed E-state index contributed by atoms with van der Waals surface area (Å²) in [6.07, 6.45) is 2.98. The maximum absolute atomic E-state index is 13.7. The van der Waals surface area contributed by atoms with Gasteiger partial charge in [0.1, 0.15) is 5.82 Å². The largest absolute Gasteiger partial charge is 0.369 e. The SMILES string of the molecule is Cc1ccc(F)cc1C1CC(=NN=C(N)N)c2c(C)cnnc2C1.Cl. The Labute approximate surface area is 151 Å². The lowest BCUT2D eigenvalue weighted by atomic mass is 9.79. The zero-order chi connectivity index (χ0) is 17.3. The fourth-order valence-electron chi connectivity index (χ4n) is 3.19. The zero-order valence-electron chi connectivity index (χ0n) is 14.0.